The standard InChI is InChI=1S/C14H8N3OS/c1-3-15-5-9-8(1)7-17-12-10-6-16-4-2-11(10)19-14(12)18-13(9)17/h1-6H,7H2/q+1. The van der Waals surface area contributed by atoms with Gasteiger partial charge >= 0.3 is 5.89 Å². The summed E-state index contributed by atoms with van der Waals surface area (Å²) in [5.41, 5.74) is 3.51. The number of hydrogen-bond acceptors (Lipinski definition) is 4. The summed E-state index contributed by atoms with van der Waals surface area (Å²) in [7, 11) is 0. The van der Waals surface area contributed by atoms with Gasteiger partial charge in [-0.1, -0.05) is 11.3 Å². The van der Waals surface area contributed by atoms with Crippen LogP contribution in [0.3, 0.4) is 0 Å². The molecule has 5 rings (SSSR count). The van der Waals surface area contributed by atoms with Crippen molar-refractivity contribution in [1.82, 2.24) is 9.97 Å². The molecular formula is C14H8N3OS+. The highest BCUT2D eigenvalue weighted by molar-refractivity contribution is 7.25. The molecule has 90 valence electrons. The van der Waals surface area contributed by atoms with Crippen molar-refractivity contribution >= 4 is 31.8 Å². The quantitative estimate of drug-likeness (QED) is 0.405. The second-order valence-electron chi connectivity index (χ2n) is 4.64. The summed E-state index contributed by atoms with van der Waals surface area (Å²) in [6.07, 6.45) is 7.44. The smallest absolute Gasteiger partial charge is 0.384 e. The van der Waals surface area contributed by atoms with Gasteiger partial charge in [0.15, 0.2) is 6.54 Å². The molecule has 0 bridgehead atoms. The molecule has 4 aromatic heterocycles. The first-order valence-electron chi connectivity index (χ1n) is 6.04. The zero-order valence-corrected chi connectivity index (χ0v) is 10.6. The lowest BCUT2D eigenvalue weighted by Gasteiger charge is -1.88. The molecule has 0 aliphatic carbocycles. The van der Waals surface area contributed by atoms with E-state index >= 15 is 0 Å². The van der Waals surface area contributed by atoms with Crippen LogP contribution in [0.25, 0.3) is 32.0 Å². The van der Waals surface area contributed by atoms with Gasteiger partial charge in [0.25, 0.3) is 10.4 Å². The van der Waals surface area contributed by atoms with Gasteiger partial charge in [0.1, 0.15) is 5.56 Å². The molecule has 0 atom stereocenters. The molecule has 0 amide bonds. The molecule has 0 saturated heterocycles. The third kappa shape index (κ3) is 1.11. The second kappa shape index (κ2) is 3.19. The molecule has 0 spiro atoms. The third-order valence-corrected chi connectivity index (χ3v) is 4.64. The maximum Gasteiger partial charge on any atom is 0.384 e. The topological polar surface area (TPSA) is 42.8 Å². The fraction of sp³-hybridized carbons (Fsp3) is 0.0714. The van der Waals surface area contributed by atoms with Gasteiger partial charge in [0.05, 0.1) is 5.39 Å². The molecule has 5 heterocycles. The minimum absolute atomic E-state index is 0.848. The van der Waals surface area contributed by atoms with Crippen LogP contribution >= 0.6 is 11.3 Å². The minimum Gasteiger partial charge on any atom is -0.386 e. The zero-order chi connectivity index (χ0) is 12.4. The second-order valence-corrected chi connectivity index (χ2v) is 5.65. The van der Waals surface area contributed by atoms with Crippen molar-refractivity contribution in [2.75, 3.05) is 0 Å². The van der Waals surface area contributed by atoms with Crippen molar-refractivity contribution < 1.29 is 8.98 Å². The Kier molecular flexibility index (Phi) is 1.62. The molecule has 0 aromatic carbocycles. The fourth-order valence-electron chi connectivity index (χ4n) is 2.75. The number of fused-ring (bicyclic) bond motifs is 7. The first-order chi connectivity index (χ1) is 9.42. The van der Waals surface area contributed by atoms with Crippen LogP contribution < -0.4 is 4.57 Å². The maximum absolute atomic E-state index is 6.04. The molecule has 1 aliphatic heterocycles. The third-order valence-electron chi connectivity index (χ3n) is 3.61. The normalized spacial score (nSPS) is 13.1. The van der Waals surface area contributed by atoms with E-state index in [2.05, 4.69) is 20.6 Å². The summed E-state index contributed by atoms with van der Waals surface area (Å²) in [4.78, 5) is 9.38. The Labute approximate surface area is 112 Å². The molecular weight excluding hydrogens is 258 g/mol. The van der Waals surface area contributed by atoms with E-state index in [-0.39, 0.29) is 0 Å². The Morgan fingerprint density at radius 2 is 2.05 bits per heavy atom. The van der Waals surface area contributed by atoms with Gasteiger partial charge in [-0.25, -0.2) is 0 Å². The monoisotopic (exact) mass is 266 g/mol. The van der Waals surface area contributed by atoms with Crippen LogP contribution in [0.15, 0.2) is 41.3 Å². The van der Waals surface area contributed by atoms with Crippen LogP contribution in [-0.2, 0) is 6.54 Å². The molecule has 0 N–H and O–H groups in total. The minimum atomic E-state index is 0.848. The van der Waals surface area contributed by atoms with Crippen LogP contribution in [0.2, 0.25) is 0 Å². The molecule has 19 heavy (non-hydrogen) atoms. The molecule has 0 radical (unpaired) electrons. The average Bonchev–Trinajstić information content (AvgIpc) is 3.05. The van der Waals surface area contributed by atoms with Crippen LogP contribution in [-0.4, -0.2) is 9.97 Å². The summed E-state index contributed by atoms with van der Waals surface area (Å²) < 4.78 is 9.48. The van der Waals surface area contributed by atoms with Crippen LogP contribution in [0, 0.1) is 0 Å². The summed E-state index contributed by atoms with van der Waals surface area (Å²) in [5, 5.41) is 1.17. The van der Waals surface area contributed by atoms with Crippen molar-refractivity contribution in [2.45, 2.75) is 6.54 Å². The summed E-state index contributed by atoms with van der Waals surface area (Å²) in [6.45, 7) is 0.848. The van der Waals surface area contributed by atoms with Gasteiger partial charge in [-0.05, 0) is 12.1 Å². The van der Waals surface area contributed by atoms with E-state index < -0.39 is 0 Å². The van der Waals surface area contributed by atoms with Gasteiger partial charge in [0, 0.05) is 35.1 Å². The van der Waals surface area contributed by atoms with Gasteiger partial charge in [0.2, 0.25) is 0 Å². The highest BCUT2D eigenvalue weighted by Gasteiger charge is 2.35. The Hall–Kier alpha value is -2.27. The molecule has 4 aromatic rings. The lowest BCUT2D eigenvalue weighted by molar-refractivity contribution is -0.648. The first-order valence-corrected chi connectivity index (χ1v) is 6.85. The van der Waals surface area contributed by atoms with E-state index in [0.29, 0.717) is 0 Å². The molecule has 5 heteroatoms. The Morgan fingerprint density at radius 3 is 3.05 bits per heavy atom. The van der Waals surface area contributed by atoms with E-state index in [0.717, 1.165) is 28.4 Å². The number of thiophene rings is 1. The van der Waals surface area contributed by atoms with Crippen molar-refractivity contribution in [3.63, 3.8) is 0 Å². The predicted molar refractivity (Wildman–Crippen MR) is 71.9 cm³/mol. The lowest BCUT2D eigenvalue weighted by Crippen LogP contribution is -2.30. The van der Waals surface area contributed by atoms with E-state index in [1.165, 1.54) is 15.6 Å². The van der Waals surface area contributed by atoms with Gasteiger partial charge in [-0.3, -0.25) is 9.97 Å². The van der Waals surface area contributed by atoms with Crippen molar-refractivity contribution in [3.8, 4) is 11.5 Å². The van der Waals surface area contributed by atoms with E-state index in [1.54, 1.807) is 11.3 Å². The Morgan fingerprint density at radius 1 is 1.16 bits per heavy atom. The summed E-state index contributed by atoms with van der Waals surface area (Å²) in [6, 6.07) is 4.09. The number of rotatable bonds is 0. The highest BCUT2D eigenvalue weighted by atomic mass is 32.1. The molecule has 0 fully saturated rings. The number of hydrogen-bond donors (Lipinski definition) is 0. The number of oxazole rings is 1. The fourth-order valence-corrected chi connectivity index (χ4v) is 3.78. The first kappa shape index (κ1) is 9.63. The van der Waals surface area contributed by atoms with Crippen molar-refractivity contribution in [1.29, 1.82) is 0 Å². The maximum atomic E-state index is 6.04. The zero-order valence-electron chi connectivity index (χ0n) is 9.83. The number of nitrogens with zero attached hydrogens (tertiary/aromatic N) is 3. The largest absolute Gasteiger partial charge is 0.386 e. The molecule has 1 aliphatic rings. The molecule has 0 unspecified atom stereocenters. The van der Waals surface area contributed by atoms with Crippen LogP contribution in [0.5, 0.6) is 0 Å². The number of aromatic nitrogens is 3. The number of pyridine rings is 2. The highest BCUT2D eigenvalue weighted by Crippen LogP contribution is 2.37. The van der Waals surface area contributed by atoms with Gasteiger partial charge < -0.3 is 4.42 Å². The van der Waals surface area contributed by atoms with Crippen molar-refractivity contribution in [2.24, 2.45) is 0 Å². The SMILES string of the molecule is c1cc2c(cn1)-c1oc3sc4ccncc4c3[n+]1C2. The van der Waals surface area contributed by atoms with Crippen molar-refractivity contribution in [3.05, 3.63) is 42.5 Å². The molecule has 4 nitrogen and oxygen atoms in total. The summed E-state index contributed by atoms with van der Waals surface area (Å²) in [5.74, 6) is 0.912. The Bertz CT molecular complexity index is 954. The van der Waals surface area contributed by atoms with Gasteiger partial charge in [-0.2, -0.15) is 4.57 Å². The lowest BCUT2D eigenvalue weighted by atomic mass is 10.2. The predicted octanol–water partition coefficient (Wildman–Crippen LogP) is 2.75. The Balaban J connectivity index is 1.94. The van der Waals surface area contributed by atoms with E-state index in [4.69, 9.17) is 4.42 Å². The summed E-state index contributed by atoms with van der Waals surface area (Å²) >= 11 is 1.67. The molecule has 0 saturated carbocycles. The van der Waals surface area contributed by atoms with Crippen LogP contribution in [0.1, 0.15) is 5.56 Å². The average molecular weight is 266 g/mol. The van der Waals surface area contributed by atoms with Gasteiger partial charge in [-0.15, -0.1) is 0 Å². The van der Waals surface area contributed by atoms with E-state index in [1.807, 2.05) is 30.9 Å². The van der Waals surface area contributed by atoms with E-state index in [9.17, 15) is 0 Å². The van der Waals surface area contributed by atoms with Crippen LogP contribution in [0.4, 0.5) is 0 Å².